The topological polar surface area (TPSA) is 50.1 Å². The monoisotopic (exact) mass is 656 g/mol. The van der Waals surface area contributed by atoms with E-state index in [-0.39, 0.29) is 41.1 Å². The first-order valence-electron chi connectivity index (χ1n) is 13.7. The van der Waals surface area contributed by atoms with E-state index in [2.05, 4.69) is 15.4 Å². The van der Waals surface area contributed by atoms with Crippen molar-refractivity contribution in [1.29, 1.82) is 0 Å². The molecule has 16 heteroatoms. The highest BCUT2D eigenvalue weighted by Gasteiger charge is 2.41. The first-order valence-corrected chi connectivity index (χ1v) is 13.7. The lowest BCUT2D eigenvalue weighted by molar-refractivity contribution is -0.143. The lowest BCUT2D eigenvalue weighted by Gasteiger charge is -2.34. The number of alkyl halides is 9. The number of tetrazole rings is 1. The van der Waals surface area contributed by atoms with Crippen LogP contribution < -0.4 is 9.80 Å². The van der Waals surface area contributed by atoms with Crippen LogP contribution in [0.3, 0.4) is 0 Å². The van der Waals surface area contributed by atoms with Gasteiger partial charge in [0.25, 0.3) is 5.95 Å². The van der Waals surface area contributed by atoms with Gasteiger partial charge in [0, 0.05) is 25.3 Å². The normalized spacial score (nSPS) is 17.6. The third kappa shape index (κ3) is 7.02. The Hall–Kier alpha value is -3.23. The molecule has 2 aromatic carbocycles. The van der Waals surface area contributed by atoms with Gasteiger partial charge < -0.3 is 9.80 Å². The SMILES string of the molecule is Cc1cc2c(c(C)c1C(F)(F)F)N(CC1CC1)CCCC2N(Cc1cc(C(F)(F)F)cc(C(F)(F)F)c1)c1nnn(C)n1.Cl. The Bertz CT molecular complexity index is 1460. The van der Waals surface area contributed by atoms with Crippen molar-refractivity contribution in [3.63, 3.8) is 0 Å². The Morgan fingerprint density at radius 1 is 0.864 bits per heavy atom. The second-order valence-electron chi connectivity index (χ2n) is 11.3. The van der Waals surface area contributed by atoms with E-state index >= 15 is 0 Å². The molecule has 1 unspecified atom stereocenters. The number of nitrogens with zero attached hydrogens (tertiary/aromatic N) is 6. The van der Waals surface area contributed by atoms with Gasteiger partial charge in [0.1, 0.15) is 0 Å². The summed E-state index contributed by atoms with van der Waals surface area (Å²) in [6, 6.07) is 1.98. The molecule has 2 heterocycles. The van der Waals surface area contributed by atoms with Crippen molar-refractivity contribution in [3.05, 3.63) is 63.2 Å². The summed E-state index contributed by atoms with van der Waals surface area (Å²) >= 11 is 0. The van der Waals surface area contributed by atoms with E-state index in [9.17, 15) is 39.5 Å². The summed E-state index contributed by atoms with van der Waals surface area (Å²) in [5.41, 5.74) is -3.16. The largest absolute Gasteiger partial charge is 0.416 e. The van der Waals surface area contributed by atoms with Gasteiger partial charge in [-0.05, 0) is 91.1 Å². The first kappa shape index (κ1) is 33.7. The van der Waals surface area contributed by atoms with Gasteiger partial charge in [-0.15, -0.1) is 17.5 Å². The van der Waals surface area contributed by atoms with Crippen LogP contribution in [0.15, 0.2) is 24.3 Å². The van der Waals surface area contributed by atoms with Crippen LogP contribution in [-0.2, 0) is 32.1 Å². The molecule has 1 aliphatic carbocycles. The van der Waals surface area contributed by atoms with Gasteiger partial charge in [-0.25, -0.2) is 0 Å². The average molecular weight is 657 g/mol. The Kier molecular flexibility index (Phi) is 9.13. The summed E-state index contributed by atoms with van der Waals surface area (Å²) in [6.07, 6.45) is -12.0. The molecule has 1 saturated carbocycles. The minimum Gasteiger partial charge on any atom is -0.371 e. The van der Waals surface area contributed by atoms with Crippen molar-refractivity contribution in [1.82, 2.24) is 20.2 Å². The number of benzene rings is 2. The molecule has 0 amide bonds. The molecule has 5 rings (SSSR count). The second kappa shape index (κ2) is 11.9. The summed E-state index contributed by atoms with van der Waals surface area (Å²) in [5, 5.41) is 12.0. The first-order chi connectivity index (χ1) is 19.9. The van der Waals surface area contributed by atoms with Gasteiger partial charge in [-0.3, -0.25) is 0 Å². The standard InChI is InChI=1S/C28H29F9N6.ClH/c1-15-9-21-22(5-4-8-42(13-17-6-7-17)24(21)16(2)23(15)28(35,36)37)43(25-38-40-41(3)39-25)14-18-10-19(26(29,30)31)12-20(11-18)27(32,33)34;/h9-12,17,22H,4-8,13-14H2,1-3H3;1H. The molecule has 3 aromatic rings. The quantitative estimate of drug-likeness (QED) is 0.251. The summed E-state index contributed by atoms with van der Waals surface area (Å²) in [6.45, 7) is 3.25. The van der Waals surface area contributed by atoms with E-state index in [0.717, 1.165) is 17.6 Å². The molecule has 1 fully saturated rings. The fraction of sp³-hybridized carbons (Fsp3) is 0.536. The maximum atomic E-state index is 14.2. The maximum absolute atomic E-state index is 14.2. The molecule has 242 valence electrons. The average Bonchev–Trinajstić information content (AvgIpc) is 3.62. The third-order valence-corrected chi connectivity index (χ3v) is 7.94. The summed E-state index contributed by atoms with van der Waals surface area (Å²) in [7, 11) is 1.45. The second-order valence-corrected chi connectivity index (χ2v) is 11.3. The van der Waals surface area contributed by atoms with E-state index in [1.54, 1.807) is 0 Å². The smallest absolute Gasteiger partial charge is 0.371 e. The third-order valence-electron chi connectivity index (χ3n) is 7.94. The van der Waals surface area contributed by atoms with Crippen LogP contribution in [0, 0.1) is 19.8 Å². The summed E-state index contributed by atoms with van der Waals surface area (Å²) < 4.78 is 125. The van der Waals surface area contributed by atoms with Gasteiger partial charge in [-0.2, -0.15) is 44.3 Å². The molecule has 0 saturated heterocycles. The van der Waals surface area contributed by atoms with Crippen molar-refractivity contribution in [2.75, 3.05) is 22.9 Å². The molecule has 44 heavy (non-hydrogen) atoms. The predicted octanol–water partition coefficient (Wildman–Crippen LogP) is 8.06. The van der Waals surface area contributed by atoms with E-state index in [4.69, 9.17) is 0 Å². The predicted molar refractivity (Wildman–Crippen MR) is 147 cm³/mol. The minimum atomic E-state index is -5.05. The number of rotatable bonds is 6. The zero-order valence-electron chi connectivity index (χ0n) is 23.9. The minimum absolute atomic E-state index is 0. The lowest BCUT2D eigenvalue weighted by Crippen LogP contribution is -2.31. The molecule has 2 aliphatic rings. The van der Waals surface area contributed by atoms with Crippen LogP contribution in [0.1, 0.15) is 70.7 Å². The molecule has 0 bridgehead atoms. The highest BCUT2D eigenvalue weighted by atomic mass is 35.5. The number of anilines is 2. The fourth-order valence-corrected chi connectivity index (χ4v) is 5.99. The summed E-state index contributed by atoms with van der Waals surface area (Å²) in [5.74, 6) is 0.262. The molecular formula is C28H30ClF9N6. The molecule has 0 N–H and O–H groups in total. The zero-order chi connectivity index (χ0) is 31.5. The van der Waals surface area contributed by atoms with E-state index in [1.165, 1.54) is 31.9 Å². The van der Waals surface area contributed by atoms with Gasteiger partial charge in [0.2, 0.25) is 0 Å². The Morgan fingerprint density at radius 3 is 1.98 bits per heavy atom. The van der Waals surface area contributed by atoms with Crippen LogP contribution in [0.2, 0.25) is 0 Å². The number of aromatic nitrogens is 4. The van der Waals surface area contributed by atoms with E-state index in [1.807, 2.05) is 4.90 Å². The van der Waals surface area contributed by atoms with Crippen LogP contribution in [0.4, 0.5) is 51.1 Å². The number of fused-ring (bicyclic) bond motifs is 1. The molecule has 0 spiro atoms. The van der Waals surface area contributed by atoms with E-state index in [0.29, 0.717) is 55.2 Å². The van der Waals surface area contributed by atoms with Gasteiger partial charge in [0.05, 0.1) is 29.8 Å². The van der Waals surface area contributed by atoms with Crippen molar-refractivity contribution < 1.29 is 39.5 Å². The maximum Gasteiger partial charge on any atom is 0.416 e. The highest BCUT2D eigenvalue weighted by Crippen LogP contribution is 2.47. The van der Waals surface area contributed by atoms with Crippen molar-refractivity contribution in [2.24, 2.45) is 13.0 Å². The van der Waals surface area contributed by atoms with Crippen molar-refractivity contribution in [3.8, 4) is 0 Å². The van der Waals surface area contributed by atoms with Crippen molar-refractivity contribution >= 4 is 24.0 Å². The molecule has 6 nitrogen and oxygen atoms in total. The van der Waals surface area contributed by atoms with Crippen LogP contribution in [0.5, 0.6) is 0 Å². The van der Waals surface area contributed by atoms with Gasteiger partial charge >= 0.3 is 18.5 Å². The number of hydrogen-bond donors (Lipinski definition) is 0. The van der Waals surface area contributed by atoms with Gasteiger partial charge in [0.15, 0.2) is 0 Å². The van der Waals surface area contributed by atoms with E-state index < -0.39 is 47.8 Å². The highest BCUT2D eigenvalue weighted by molar-refractivity contribution is 5.85. The molecular weight excluding hydrogens is 627 g/mol. The fourth-order valence-electron chi connectivity index (χ4n) is 5.99. The Labute approximate surface area is 253 Å². The number of hydrogen-bond acceptors (Lipinski definition) is 5. The molecule has 1 aliphatic heterocycles. The van der Waals surface area contributed by atoms with Crippen LogP contribution in [-0.4, -0.2) is 33.3 Å². The van der Waals surface area contributed by atoms with Gasteiger partial charge in [-0.1, -0.05) is 11.2 Å². The Morgan fingerprint density at radius 2 is 1.48 bits per heavy atom. The van der Waals surface area contributed by atoms with Crippen molar-refractivity contribution in [2.45, 2.75) is 70.6 Å². The number of aryl methyl sites for hydroxylation is 2. The zero-order valence-corrected chi connectivity index (χ0v) is 24.7. The lowest BCUT2D eigenvalue weighted by atomic mass is 9.90. The summed E-state index contributed by atoms with van der Waals surface area (Å²) in [4.78, 5) is 4.47. The Balaban J connectivity index is 0.00000442. The molecule has 1 aromatic heterocycles. The molecule has 0 radical (unpaired) electrons. The van der Waals surface area contributed by atoms with Crippen LogP contribution in [0.25, 0.3) is 0 Å². The van der Waals surface area contributed by atoms with Crippen LogP contribution >= 0.6 is 12.4 Å². The molecule has 1 atom stereocenters. The number of halogens is 10.